The number of aromatic nitrogens is 2. The summed E-state index contributed by atoms with van der Waals surface area (Å²) in [6.45, 7) is 2.14. The van der Waals surface area contributed by atoms with Gasteiger partial charge in [-0.05, 0) is 37.6 Å². The van der Waals surface area contributed by atoms with E-state index in [-0.39, 0.29) is 6.10 Å². The van der Waals surface area contributed by atoms with Gasteiger partial charge in [0.2, 0.25) is 11.7 Å². The van der Waals surface area contributed by atoms with Crippen LogP contribution in [0.25, 0.3) is 11.4 Å². The Balaban J connectivity index is 1.74. The summed E-state index contributed by atoms with van der Waals surface area (Å²) in [5.41, 5.74) is 0.802. The van der Waals surface area contributed by atoms with Crippen molar-refractivity contribution >= 4 is 0 Å². The van der Waals surface area contributed by atoms with Crippen LogP contribution in [0.1, 0.15) is 18.7 Å². The van der Waals surface area contributed by atoms with Crippen LogP contribution in [0.5, 0.6) is 11.5 Å². The number of ether oxygens (including phenoxy) is 2. The number of likely N-dealkylation sites (tertiary alicyclic amines) is 1. The van der Waals surface area contributed by atoms with E-state index >= 15 is 0 Å². The van der Waals surface area contributed by atoms with E-state index in [0.717, 1.165) is 24.9 Å². The molecule has 1 N–H and O–H groups in total. The molecule has 0 bridgehead atoms. The zero-order valence-electron chi connectivity index (χ0n) is 13.4. The van der Waals surface area contributed by atoms with E-state index in [0.29, 0.717) is 36.3 Å². The van der Waals surface area contributed by atoms with Crippen LogP contribution in [0.4, 0.5) is 0 Å². The molecule has 0 aliphatic carbocycles. The lowest BCUT2D eigenvalue weighted by molar-refractivity contribution is 0.0613. The number of nitrogens with zero attached hydrogens (tertiary/aromatic N) is 3. The summed E-state index contributed by atoms with van der Waals surface area (Å²) >= 11 is 0. The highest BCUT2D eigenvalue weighted by atomic mass is 16.5. The van der Waals surface area contributed by atoms with E-state index < -0.39 is 0 Å². The Bertz CT molecular complexity index is 659. The number of rotatable bonds is 5. The third-order valence-corrected chi connectivity index (χ3v) is 3.95. The molecule has 1 saturated heterocycles. The Morgan fingerprint density at radius 2 is 2.13 bits per heavy atom. The fraction of sp³-hybridized carbons (Fsp3) is 0.500. The number of benzene rings is 1. The quantitative estimate of drug-likeness (QED) is 0.898. The monoisotopic (exact) mass is 319 g/mol. The number of aliphatic hydroxyl groups excluding tert-OH is 1. The van der Waals surface area contributed by atoms with Crippen LogP contribution in [0.2, 0.25) is 0 Å². The molecule has 7 heteroatoms. The van der Waals surface area contributed by atoms with Gasteiger partial charge in [0.25, 0.3) is 0 Å². The first-order valence-corrected chi connectivity index (χ1v) is 7.65. The van der Waals surface area contributed by atoms with E-state index in [1.54, 1.807) is 14.2 Å². The second-order valence-corrected chi connectivity index (χ2v) is 5.61. The molecule has 2 aromatic rings. The van der Waals surface area contributed by atoms with Crippen LogP contribution in [0.3, 0.4) is 0 Å². The van der Waals surface area contributed by atoms with Crippen molar-refractivity contribution in [3.05, 3.63) is 24.1 Å². The van der Waals surface area contributed by atoms with Crippen molar-refractivity contribution in [2.75, 3.05) is 27.3 Å². The number of piperidine rings is 1. The number of hydrogen-bond donors (Lipinski definition) is 1. The van der Waals surface area contributed by atoms with Crippen molar-refractivity contribution in [3.8, 4) is 22.9 Å². The molecule has 1 aliphatic heterocycles. The van der Waals surface area contributed by atoms with Crippen molar-refractivity contribution < 1.29 is 19.1 Å². The number of aliphatic hydroxyl groups is 1. The Labute approximate surface area is 134 Å². The smallest absolute Gasteiger partial charge is 0.241 e. The zero-order valence-corrected chi connectivity index (χ0v) is 13.4. The van der Waals surface area contributed by atoms with Crippen molar-refractivity contribution in [1.29, 1.82) is 0 Å². The Morgan fingerprint density at radius 3 is 2.87 bits per heavy atom. The van der Waals surface area contributed by atoms with Crippen molar-refractivity contribution in [2.45, 2.75) is 25.5 Å². The highest BCUT2D eigenvalue weighted by Crippen LogP contribution is 2.31. The normalized spacial score (nSPS) is 18.8. The van der Waals surface area contributed by atoms with Crippen LogP contribution in [0.15, 0.2) is 22.7 Å². The molecule has 0 unspecified atom stereocenters. The summed E-state index contributed by atoms with van der Waals surface area (Å²) in [5, 5.41) is 13.7. The van der Waals surface area contributed by atoms with Crippen LogP contribution in [-0.2, 0) is 6.54 Å². The summed E-state index contributed by atoms with van der Waals surface area (Å²) in [6, 6.07) is 5.49. The summed E-state index contributed by atoms with van der Waals surface area (Å²) < 4.78 is 15.8. The Hall–Kier alpha value is -2.12. The van der Waals surface area contributed by atoms with Gasteiger partial charge in [0.15, 0.2) is 11.5 Å². The standard InChI is InChI=1S/C16H21N3O4/c1-21-13-6-5-11(8-14(13)22-2)16-17-15(23-18-16)10-19-7-3-4-12(20)9-19/h5-6,8,12,20H,3-4,7,9-10H2,1-2H3/t12-/m0/s1. The fourth-order valence-corrected chi connectivity index (χ4v) is 2.78. The van der Waals surface area contributed by atoms with E-state index in [9.17, 15) is 5.11 Å². The Morgan fingerprint density at radius 1 is 1.30 bits per heavy atom. The SMILES string of the molecule is COc1ccc(-c2noc(CN3CCC[C@H](O)C3)n2)cc1OC. The highest BCUT2D eigenvalue weighted by Gasteiger charge is 2.20. The molecule has 0 spiro atoms. The van der Waals surface area contributed by atoms with Gasteiger partial charge in [-0.25, -0.2) is 0 Å². The van der Waals surface area contributed by atoms with Gasteiger partial charge in [0.1, 0.15) is 0 Å². The summed E-state index contributed by atoms with van der Waals surface area (Å²) in [4.78, 5) is 6.56. The van der Waals surface area contributed by atoms with Gasteiger partial charge >= 0.3 is 0 Å². The minimum Gasteiger partial charge on any atom is -0.493 e. The fourth-order valence-electron chi connectivity index (χ4n) is 2.78. The van der Waals surface area contributed by atoms with Crippen LogP contribution in [0, 0.1) is 0 Å². The molecule has 1 aliphatic rings. The number of hydrogen-bond acceptors (Lipinski definition) is 7. The maximum atomic E-state index is 9.71. The molecule has 1 aromatic heterocycles. The Kier molecular flexibility index (Phi) is 4.78. The second kappa shape index (κ2) is 6.97. The molecule has 0 saturated carbocycles. The van der Waals surface area contributed by atoms with Gasteiger partial charge in [0.05, 0.1) is 26.9 Å². The predicted octanol–water partition coefficient (Wildman–Crippen LogP) is 1.71. The molecule has 0 amide bonds. The van der Waals surface area contributed by atoms with Crippen molar-refractivity contribution in [1.82, 2.24) is 15.0 Å². The maximum absolute atomic E-state index is 9.71. The van der Waals surface area contributed by atoms with Crippen molar-refractivity contribution in [3.63, 3.8) is 0 Å². The zero-order chi connectivity index (χ0) is 16.2. The van der Waals surface area contributed by atoms with E-state index in [2.05, 4.69) is 15.0 Å². The lowest BCUT2D eigenvalue weighted by Crippen LogP contribution is -2.37. The molecule has 3 rings (SSSR count). The third kappa shape index (κ3) is 3.62. The van der Waals surface area contributed by atoms with Gasteiger partial charge in [-0.3, -0.25) is 4.90 Å². The summed E-state index contributed by atoms with van der Waals surface area (Å²) in [6.07, 6.45) is 1.58. The largest absolute Gasteiger partial charge is 0.493 e. The van der Waals surface area contributed by atoms with Gasteiger partial charge in [-0.1, -0.05) is 5.16 Å². The van der Waals surface area contributed by atoms with Crippen LogP contribution in [-0.4, -0.2) is 53.6 Å². The highest BCUT2D eigenvalue weighted by molar-refractivity contribution is 5.60. The topological polar surface area (TPSA) is 80.9 Å². The lowest BCUT2D eigenvalue weighted by atomic mass is 10.1. The molecule has 7 nitrogen and oxygen atoms in total. The first-order chi connectivity index (χ1) is 11.2. The van der Waals surface area contributed by atoms with Gasteiger partial charge in [0, 0.05) is 12.1 Å². The summed E-state index contributed by atoms with van der Waals surface area (Å²) in [5.74, 6) is 2.33. The molecule has 1 aromatic carbocycles. The lowest BCUT2D eigenvalue weighted by Gasteiger charge is -2.28. The molecule has 1 atom stereocenters. The average molecular weight is 319 g/mol. The first-order valence-electron chi connectivity index (χ1n) is 7.65. The van der Waals surface area contributed by atoms with E-state index in [1.165, 1.54) is 0 Å². The van der Waals surface area contributed by atoms with Gasteiger partial charge < -0.3 is 19.1 Å². The third-order valence-electron chi connectivity index (χ3n) is 3.95. The van der Waals surface area contributed by atoms with Crippen LogP contribution >= 0.6 is 0 Å². The molecule has 0 radical (unpaired) electrons. The van der Waals surface area contributed by atoms with Gasteiger partial charge in [-0.2, -0.15) is 4.98 Å². The molecule has 23 heavy (non-hydrogen) atoms. The molecular weight excluding hydrogens is 298 g/mol. The molecule has 2 heterocycles. The van der Waals surface area contributed by atoms with Crippen molar-refractivity contribution in [2.24, 2.45) is 0 Å². The predicted molar refractivity (Wildman–Crippen MR) is 83.4 cm³/mol. The summed E-state index contributed by atoms with van der Waals surface area (Å²) in [7, 11) is 3.18. The first kappa shape index (κ1) is 15.8. The van der Waals surface area contributed by atoms with Crippen LogP contribution < -0.4 is 9.47 Å². The van der Waals surface area contributed by atoms with E-state index in [4.69, 9.17) is 14.0 Å². The number of β-amino-alcohol motifs (C(OH)–C–C–N with tert-alkyl or cyclic N) is 1. The molecule has 124 valence electrons. The maximum Gasteiger partial charge on any atom is 0.241 e. The average Bonchev–Trinajstić information content (AvgIpc) is 3.02. The minimum absolute atomic E-state index is 0.267. The second-order valence-electron chi connectivity index (χ2n) is 5.61. The molecule has 1 fully saturated rings. The van der Waals surface area contributed by atoms with E-state index in [1.807, 2.05) is 18.2 Å². The van der Waals surface area contributed by atoms with Gasteiger partial charge in [-0.15, -0.1) is 0 Å². The minimum atomic E-state index is -0.267. The molecular formula is C16H21N3O4. The number of methoxy groups -OCH3 is 2.